The van der Waals surface area contributed by atoms with E-state index in [2.05, 4.69) is 29.1 Å². The van der Waals surface area contributed by atoms with E-state index in [1.165, 1.54) is 12.1 Å². The lowest BCUT2D eigenvalue weighted by Gasteiger charge is -2.34. The van der Waals surface area contributed by atoms with Crippen LogP contribution in [0.4, 0.5) is 9.18 Å². The van der Waals surface area contributed by atoms with Gasteiger partial charge in [-0.05, 0) is 55.5 Å². The molecule has 0 aliphatic heterocycles. The Morgan fingerprint density at radius 3 is 2.46 bits per heavy atom. The molecule has 0 aliphatic rings. The second-order valence-corrected chi connectivity index (χ2v) is 7.58. The maximum atomic E-state index is 13.0. The SMILES string of the molecule is CC(C)(Cc1ncc(-c2ccc(F)cc2)[nH]1)CC(C)(C)NC(=O)O. The number of amides is 1. The largest absolute Gasteiger partial charge is 0.465 e. The molecular weight excluding hydrogens is 309 g/mol. The van der Waals surface area contributed by atoms with Crippen molar-refractivity contribution in [1.82, 2.24) is 15.3 Å². The summed E-state index contributed by atoms with van der Waals surface area (Å²) in [5, 5.41) is 11.5. The summed E-state index contributed by atoms with van der Waals surface area (Å²) < 4.78 is 13.0. The number of imidazole rings is 1. The molecule has 2 rings (SSSR count). The molecule has 1 amide bonds. The second-order valence-electron chi connectivity index (χ2n) is 7.58. The monoisotopic (exact) mass is 333 g/mol. The smallest absolute Gasteiger partial charge is 0.405 e. The first-order valence-corrected chi connectivity index (χ1v) is 7.87. The van der Waals surface area contributed by atoms with Gasteiger partial charge in [0, 0.05) is 12.0 Å². The molecule has 0 radical (unpaired) electrons. The third kappa shape index (κ3) is 5.08. The standard InChI is InChI=1S/C18H24FN3O2/c1-17(2,11-18(3,4)22-16(23)24)9-15-20-10-14(21-15)12-5-7-13(19)8-6-12/h5-8,10,22H,9,11H2,1-4H3,(H,20,21)(H,23,24). The third-order valence-electron chi connectivity index (χ3n) is 3.80. The number of hydrogen-bond donors (Lipinski definition) is 3. The fourth-order valence-corrected chi connectivity index (χ4v) is 3.27. The lowest BCUT2D eigenvalue weighted by molar-refractivity contribution is 0.165. The summed E-state index contributed by atoms with van der Waals surface area (Å²) in [5.74, 6) is 0.554. The van der Waals surface area contributed by atoms with Gasteiger partial charge in [0.25, 0.3) is 0 Å². The number of nitrogens with zero attached hydrogens (tertiary/aromatic N) is 1. The molecule has 0 atom stereocenters. The van der Waals surface area contributed by atoms with E-state index in [1.54, 1.807) is 18.3 Å². The highest BCUT2D eigenvalue weighted by molar-refractivity contribution is 5.65. The molecule has 130 valence electrons. The maximum absolute atomic E-state index is 13.0. The Labute approximate surface area is 141 Å². The lowest BCUT2D eigenvalue weighted by atomic mass is 9.77. The zero-order valence-electron chi connectivity index (χ0n) is 14.5. The number of hydrogen-bond acceptors (Lipinski definition) is 2. The molecule has 0 unspecified atom stereocenters. The topological polar surface area (TPSA) is 78.0 Å². The van der Waals surface area contributed by atoms with E-state index in [0.29, 0.717) is 12.8 Å². The van der Waals surface area contributed by atoms with Gasteiger partial charge < -0.3 is 15.4 Å². The van der Waals surface area contributed by atoms with Crippen LogP contribution in [0.2, 0.25) is 0 Å². The number of aromatic nitrogens is 2. The molecule has 0 fully saturated rings. The molecule has 0 spiro atoms. The summed E-state index contributed by atoms with van der Waals surface area (Å²) in [6.07, 6.45) is 2.06. The fourth-order valence-electron chi connectivity index (χ4n) is 3.27. The van der Waals surface area contributed by atoms with Crippen molar-refractivity contribution < 1.29 is 14.3 Å². The van der Waals surface area contributed by atoms with Crippen molar-refractivity contribution in [3.63, 3.8) is 0 Å². The number of rotatable bonds is 6. The number of carboxylic acid groups (broad SMARTS) is 1. The van der Waals surface area contributed by atoms with Crippen molar-refractivity contribution in [3.8, 4) is 11.3 Å². The predicted octanol–water partition coefficient (Wildman–Crippen LogP) is 4.22. The van der Waals surface area contributed by atoms with Gasteiger partial charge in [-0.3, -0.25) is 0 Å². The van der Waals surface area contributed by atoms with Crippen LogP contribution in [0.25, 0.3) is 11.3 Å². The van der Waals surface area contributed by atoms with Crippen LogP contribution >= 0.6 is 0 Å². The number of aromatic amines is 1. The van der Waals surface area contributed by atoms with E-state index in [0.717, 1.165) is 17.1 Å². The Bertz CT molecular complexity index is 705. The maximum Gasteiger partial charge on any atom is 0.405 e. The Morgan fingerprint density at radius 1 is 1.25 bits per heavy atom. The van der Waals surface area contributed by atoms with Crippen molar-refractivity contribution in [3.05, 3.63) is 42.1 Å². The Kier molecular flexibility index (Phi) is 4.96. The average molecular weight is 333 g/mol. The quantitative estimate of drug-likeness (QED) is 0.740. The number of H-pyrrole nitrogens is 1. The van der Waals surface area contributed by atoms with E-state index in [4.69, 9.17) is 5.11 Å². The normalized spacial score (nSPS) is 12.2. The molecule has 0 aliphatic carbocycles. The van der Waals surface area contributed by atoms with Crippen molar-refractivity contribution in [2.45, 2.75) is 46.1 Å². The van der Waals surface area contributed by atoms with Crippen LogP contribution in [0.15, 0.2) is 30.5 Å². The number of carbonyl (C=O) groups is 1. The molecule has 24 heavy (non-hydrogen) atoms. The number of nitrogens with one attached hydrogen (secondary N) is 2. The van der Waals surface area contributed by atoms with Crippen molar-refractivity contribution in [2.24, 2.45) is 5.41 Å². The first-order chi connectivity index (χ1) is 11.1. The highest BCUT2D eigenvalue weighted by Gasteiger charge is 2.31. The van der Waals surface area contributed by atoms with E-state index < -0.39 is 11.6 Å². The Morgan fingerprint density at radius 2 is 1.88 bits per heavy atom. The van der Waals surface area contributed by atoms with E-state index in [-0.39, 0.29) is 11.2 Å². The average Bonchev–Trinajstić information content (AvgIpc) is 2.83. The summed E-state index contributed by atoms with van der Waals surface area (Å²) in [4.78, 5) is 18.6. The van der Waals surface area contributed by atoms with Gasteiger partial charge in [0.2, 0.25) is 0 Å². The highest BCUT2D eigenvalue weighted by atomic mass is 19.1. The minimum Gasteiger partial charge on any atom is -0.465 e. The number of benzene rings is 1. The third-order valence-corrected chi connectivity index (χ3v) is 3.80. The van der Waals surface area contributed by atoms with Gasteiger partial charge in [-0.1, -0.05) is 13.8 Å². The molecule has 0 bridgehead atoms. The predicted molar refractivity (Wildman–Crippen MR) is 91.3 cm³/mol. The zero-order valence-corrected chi connectivity index (χ0v) is 14.5. The summed E-state index contributed by atoms with van der Waals surface area (Å²) in [7, 11) is 0. The van der Waals surface area contributed by atoms with Crippen LogP contribution < -0.4 is 5.32 Å². The van der Waals surface area contributed by atoms with Gasteiger partial charge in [-0.2, -0.15) is 0 Å². The van der Waals surface area contributed by atoms with Crippen LogP contribution in [-0.4, -0.2) is 26.7 Å². The van der Waals surface area contributed by atoms with Gasteiger partial charge in [0.05, 0.1) is 11.9 Å². The van der Waals surface area contributed by atoms with Crippen molar-refractivity contribution >= 4 is 6.09 Å². The van der Waals surface area contributed by atoms with Gasteiger partial charge in [0.15, 0.2) is 0 Å². The highest BCUT2D eigenvalue weighted by Crippen LogP contribution is 2.31. The first-order valence-electron chi connectivity index (χ1n) is 7.87. The lowest BCUT2D eigenvalue weighted by Crippen LogP contribution is -2.46. The second kappa shape index (κ2) is 6.63. The summed E-state index contributed by atoms with van der Waals surface area (Å²) in [6.45, 7) is 7.90. The molecule has 1 aromatic carbocycles. The molecular formula is C18H24FN3O2. The van der Waals surface area contributed by atoms with Gasteiger partial charge in [0.1, 0.15) is 11.6 Å². The van der Waals surface area contributed by atoms with Crippen LogP contribution in [0.1, 0.15) is 39.9 Å². The molecule has 3 N–H and O–H groups in total. The van der Waals surface area contributed by atoms with Crippen LogP contribution in [0.5, 0.6) is 0 Å². The molecule has 2 aromatic rings. The van der Waals surface area contributed by atoms with Gasteiger partial charge >= 0.3 is 6.09 Å². The van der Waals surface area contributed by atoms with Crippen LogP contribution in [0.3, 0.4) is 0 Å². The Hall–Kier alpha value is -2.37. The molecule has 0 saturated carbocycles. The van der Waals surface area contributed by atoms with E-state index in [1.807, 2.05) is 13.8 Å². The van der Waals surface area contributed by atoms with Crippen LogP contribution in [-0.2, 0) is 6.42 Å². The molecule has 6 heteroatoms. The first kappa shape index (κ1) is 18.0. The minimum atomic E-state index is -1.02. The van der Waals surface area contributed by atoms with Gasteiger partial charge in [-0.15, -0.1) is 0 Å². The zero-order chi connectivity index (χ0) is 18.0. The number of halogens is 1. The molecule has 5 nitrogen and oxygen atoms in total. The Balaban J connectivity index is 2.07. The van der Waals surface area contributed by atoms with E-state index >= 15 is 0 Å². The molecule has 1 heterocycles. The van der Waals surface area contributed by atoms with Crippen molar-refractivity contribution in [2.75, 3.05) is 0 Å². The van der Waals surface area contributed by atoms with E-state index in [9.17, 15) is 9.18 Å². The minimum absolute atomic E-state index is 0.149. The summed E-state index contributed by atoms with van der Waals surface area (Å²) in [5.41, 5.74) is 1.04. The molecule has 0 saturated heterocycles. The van der Waals surface area contributed by atoms with Crippen LogP contribution in [0, 0.1) is 11.2 Å². The summed E-state index contributed by atoms with van der Waals surface area (Å²) in [6, 6.07) is 6.25. The van der Waals surface area contributed by atoms with Crippen molar-refractivity contribution in [1.29, 1.82) is 0 Å². The van der Waals surface area contributed by atoms with Gasteiger partial charge in [-0.25, -0.2) is 14.2 Å². The molecule has 1 aromatic heterocycles. The summed E-state index contributed by atoms with van der Waals surface area (Å²) >= 11 is 0. The fraction of sp³-hybridized carbons (Fsp3) is 0.444.